The minimum Gasteiger partial charge on any atom is -0.508 e. The number of methoxy groups -OCH3 is 1. The Bertz CT molecular complexity index is 497. The quantitative estimate of drug-likeness (QED) is 0.822. The van der Waals surface area contributed by atoms with Crippen molar-refractivity contribution in [2.75, 3.05) is 18.6 Å². The summed E-state index contributed by atoms with van der Waals surface area (Å²) in [4.78, 5) is 5.97. The molecule has 0 atom stereocenters. The number of aliphatic hydroxyl groups excluding tert-OH is 1. The molecule has 1 aromatic rings. The lowest BCUT2D eigenvalue weighted by molar-refractivity contribution is 0.412. The van der Waals surface area contributed by atoms with Gasteiger partial charge in [-0.25, -0.2) is 4.98 Å². The zero-order valence-corrected chi connectivity index (χ0v) is 10.4. The highest BCUT2D eigenvalue weighted by molar-refractivity contribution is 6.29. The Morgan fingerprint density at radius 2 is 2.29 bits per heavy atom. The number of hydrogen-bond donors (Lipinski definition) is 1. The molecule has 0 spiro atoms. The third-order valence-electron chi connectivity index (χ3n) is 2.59. The molecule has 0 aliphatic carbocycles. The molecule has 2 heterocycles. The fourth-order valence-corrected chi connectivity index (χ4v) is 1.90. The molecular formula is C12H13ClN2O2. The molecule has 5 heteroatoms. The van der Waals surface area contributed by atoms with Crippen molar-refractivity contribution in [2.45, 2.75) is 6.92 Å². The third-order valence-corrected chi connectivity index (χ3v) is 2.80. The van der Waals surface area contributed by atoms with Crippen molar-refractivity contribution in [1.82, 2.24) is 4.98 Å². The normalized spacial score (nSPS) is 15.4. The van der Waals surface area contributed by atoms with Crippen LogP contribution in [0, 0.1) is 0 Å². The predicted octanol–water partition coefficient (Wildman–Crippen LogP) is 2.91. The van der Waals surface area contributed by atoms with E-state index in [9.17, 15) is 5.11 Å². The van der Waals surface area contributed by atoms with Crippen molar-refractivity contribution in [2.24, 2.45) is 0 Å². The third kappa shape index (κ3) is 2.36. The number of pyridine rings is 1. The first-order chi connectivity index (χ1) is 8.11. The summed E-state index contributed by atoms with van der Waals surface area (Å²) in [6, 6.07) is 1.74. The van der Waals surface area contributed by atoms with E-state index in [-0.39, 0.29) is 5.76 Å². The average Bonchev–Trinajstić information content (AvgIpc) is 2.29. The second-order valence-electron chi connectivity index (χ2n) is 3.70. The molecule has 4 nitrogen and oxygen atoms in total. The highest BCUT2D eigenvalue weighted by atomic mass is 35.5. The van der Waals surface area contributed by atoms with Crippen LogP contribution in [0.5, 0.6) is 5.75 Å². The maximum Gasteiger partial charge on any atom is 0.160 e. The van der Waals surface area contributed by atoms with Gasteiger partial charge in [0, 0.05) is 18.3 Å². The fraction of sp³-hybridized carbons (Fsp3) is 0.250. The van der Waals surface area contributed by atoms with Gasteiger partial charge in [-0.2, -0.15) is 0 Å². The lowest BCUT2D eigenvalue weighted by Gasteiger charge is -2.28. The van der Waals surface area contributed by atoms with Crippen LogP contribution in [0.1, 0.15) is 6.92 Å². The Morgan fingerprint density at radius 3 is 2.94 bits per heavy atom. The van der Waals surface area contributed by atoms with Gasteiger partial charge in [0.25, 0.3) is 0 Å². The number of ether oxygens (including phenoxy) is 1. The molecule has 0 aromatic carbocycles. The molecule has 1 aliphatic heterocycles. The Morgan fingerprint density at radius 1 is 1.53 bits per heavy atom. The van der Waals surface area contributed by atoms with Crippen LogP contribution in [0.25, 0.3) is 0 Å². The Balaban J connectivity index is 2.41. The molecule has 90 valence electrons. The molecular weight excluding hydrogens is 240 g/mol. The zero-order chi connectivity index (χ0) is 12.4. The predicted molar refractivity (Wildman–Crippen MR) is 67.6 cm³/mol. The Labute approximate surface area is 105 Å². The van der Waals surface area contributed by atoms with Gasteiger partial charge in [0.15, 0.2) is 5.75 Å². The summed E-state index contributed by atoms with van der Waals surface area (Å²) in [5.41, 5.74) is 1.76. The Hall–Kier alpha value is -1.68. The second-order valence-corrected chi connectivity index (χ2v) is 4.09. The minimum absolute atomic E-state index is 0.276. The largest absolute Gasteiger partial charge is 0.508 e. The first-order valence-corrected chi connectivity index (χ1v) is 5.54. The number of hydrogen-bond acceptors (Lipinski definition) is 4. The highest BCUT2D eigenvalue weighted by Crippen LogP contribution is 2.33. The number of halogens is 1. The van der Waals surface area contributed by atoms with Gasteiger partial charge >= 0.3 is 0 Å². The molecule has 0 bridgehead atoms. The van der Waals surface area contributed by atoms with E-state index in [1.54, 1.807) is 31.5 Å². The summed E-state index contributed by atoms with van der Waals surface area (Å²) in [5.74, 6) is 0.926. The standard InChI is InChI=1S/C12H13ClN2O2/c1-8-5-9(16)3-4-15(8)10-6-12(13)14-7-11(10)17-2/h3,5-7,16H,4H2,1-2H3. The van der Waals surface area contributed by atoms with E-state index in [1.807, 2.05) is 11.8 Å². The van der Waals surface area contributed by atoms with Gasteiger partial charge in [-0.05, 0) is 19.1 Å². The van der Waals surface area contributed by atoms with Gasteiger partial charge in [-0.15, -0.1) is 0 Å². The van der Waals surface area contributed by atoms with Crippen molar-refractivity contribution in [3.63, 3.8) is 0 Å². The maximum absolute atomic E-state index is 9.41. The maximum atomic E-state index is 9.41. The van der Waals surface area contributed by atoms with Crippen LogP contribution >= 0.6 is 11.6 Å². The van der Waals surface area contributed by atoms with Crippen LogP contribution < -0.4 is 9.64 Å². The van der Waals surface area contributed by atoms with E-state index in [0.29, 0.717) is 17.4 Å². The molecule has 1 N–H and O–H groups in total. The second kappa shape index (κ2) is 4.67. The number of allylic oxidation sites excluding steroid dienone is 2. The molecule has 1 aliphatic rings. The monoisotopic (exact) mass is 252 g/mol. The summed E-state index contributed by atoms with van der Waals surface area (Å²) in [6.07, 6.45) is 5.00. The molecule has 0 saturated carbocycles. The topological polar surface area (TPSA) is 45.6 Å². The SMILES string of the molecule is COc1cnc(Cl)cc1N1CC=C(O)C=C1C. The zero-order valence-electron chi connectivity index (χ0n) is 9.64. The number of aromatic nitrogens is 1. The van der Waals surface area contributed by atoms with E-state index in [0.717, 1.165) is 11.4 Å². The summed E-state index contributed by atoms with van der Waals surface area (Å²) in [6.45, 7) is 2.49. The minimum atomic E-state index is 0.276. The van der Waals surface area contributed by atoms with Crippen LogP contribution in [0.4, 0.5) is 5.69 Å². The summed E-state index contributed by atoms with van der Waals surface area (Å²) >= 11 is 5.89. The van der Waals surface area contributed by atoms with E-state index >= 15 is 0 Å². The summed E-state index contributed by atoms with van der Waals surface area (Å²) in [5, 5.41) is 9.82. The summed E-state index contributed by atoms with van der Waals surface area (Å²) < 4.78 is 5.26. The van der Waals surface area contributed by atoms with Gasteiger partial charge < -0.3 is 14.7 Å². The number of nitrogens with zero attached hydrogens (tertiary/aromatic N) is 2. The highest BCUT2D eigenvalue weighted by Gasteiger charge is 2.17. The molecule has 0 radical (unpaired) electrons. The molecule has 0 saturated heterocycles. The molecule has 0 fully saturated rings. The van der Waals surface area contributed by atoms with Gasteiger partial charge in [-0.3, -0.25) is 0 Å². The summed E-state index contributed by atoms with van der Waals surface area (Å²) in [7, 11) is 1.59. The van der Waals surface area contributed by atoms with Crippen LogP contribution in [0.3, 0.4) is 0 Å². The van der Waals surface area contributed by atoms with Crippen molar-refractivity contribution < 1.29 is 9.84 Å². The number of aliphatic hydroxyl groups is 1. The van der Waals surface area contributed by atoms with Crippen molar-refractivity contribution >= 4 is 17.3 Å². The molecule has 17 heavy (non-hydrogen) atoms. The van der Waals surface area contributed by atoms with Crippen molar-refractivity contribution in [3.05, 3.63) is 41.0 Å². The van der Waals surface area contributed by atoms with E-state index < -0.39 is 0 Å². The van der Waals surface area contributed by atoms with Crippen molar-refractivity contribution in [3.8, 4) is 5.75 Å². The molecule has 1 aromatic heterocycles. The van der Waals surface area contributed by atoms with E-state index in [1.165, 1.54) is 0 Å². The van der Waals surface area contributed by atoms with Crippen molar-refractivity contribution in [1.29, 1.82) is 0 Å². The molecule has 0 unspecified atom stereocenters. The van der Waals surface area contributed by atoms with E-state index in [2.05, 4.69) is 4.98 Å². The fourth-order valence-electron chi connectivity index (χ4n) is 1.74. The van der Waals surface area contributed by atoms with Gasteiger partial charge in [0.2, 0.25) is 0 Å². The number of rotatable bonds is 2. The van der Waals surface area contributed by atoms with E-state index in [4.69, 9.17) is 16.3 Å². The number of anilines is 1. The van der Waals surface area contributed by atoms with Crippen LogP contribution in [0.15, 0.2) is 35.9 Å². The molecule has 2 rings (SSSR count). The average molecular weight is 253 g/mol. The first kappa shape index (κ1) is 11.8. The smallest absolute Gasteiger partial charge is 0.160 e. The Kier molecular flexibility index (Phi) is 3.24. The van der Waals surface area contributed by atoms with Gasteiger partial charge in [0.1, 0.15) is 10.9 Å². The van der Waals surface area contributed by atoms with Crippen LogP contribution in [-0.4, -0.2) is 23.7 Å². The van der Waals surface area contributed by atoms with Gasteiger partial charge in [-0.1, -0.05) is 11.6 Å². The van der Waals surface area contributed by atoms with Gasteiger partial charge in [0.05, 0.1) is 19.0 Å². The van der Waals surface area contributed by atoms with Crippen LogP contribution in [-0.2, 0) is 0 Å². The first-order valence-electron chi connectivity index (χ1n) is 5.16. The lowest BCUT2D eigenvalue weighted by atomic mass is 10.2. The molecule has 0 amide bonds. The van der Waals surface area contributed by atoms with Crippen LogP contribution in [0.2, 0.25) is 5.15 Å². The lowest BCUT2D eigenvalue weighted by Crippen LogP contribution is -2.24.